The molecule has 0 spiro atoms. The Morgan fingerprint density at radius 1 is 1.24 bits per heavy atom. The molecule has 0 bridgehead atoms. The van der Waals surface area contributed by atoms with Crippen molar-refractivity contribution in [3.8, 4) is 0 Å². The van der Waals surface area contributed by atoms with E-state index in [0.29, 0.717) is 5.71 Å². The minimum atomic E-state index is 0.561. The van der Waals surface area contributed by atoms with E-state index in [4.69, 9.17) is 0 Å². The second kappa shape index (κ2) is 6.11. The van der Waals surface area contributed by atoms with Crippen LogP contribution >= 0.6 is 11.3 Å². The summed E-state index contributed by atoms with van der Waals surface area (Å²) < 4.78 is 0. The molecule has 1 heterocycles. The lowest BCUT2D eigenvalue weighted by Crippen LogP contribution is -2.05. The number of allylic oxidation sites excluding steroid dienone is 1. The zero-order valence-corrected chi connectivity index (χ0v) is 12.2. The predicted molar refractivity (Wildman–Crippen MR) is 84.0 cm³/mol. The van der Waals surface area contributed by atoms with Crippen molar-refractivity contribution in [2.75, 3.05) is 0 Å². The monoisotopic (exact) mass is 300 g/mol. The third-order valence-electron chi connectivity index (χ3n) is 3.56. The van der Waals surface area contributed by atoms with Crippen molar-refractivity contribution < 1.29 is 10.4 Å². The normalized spacial score (nSPS) is 15.1. The van der Waals surface area contributed by atoms with Gasteiger partial charge in [0.15, 0.2) is 0 Å². The lowest BCUT2D eigenvalue weighted by Gasteiger charge is -2.03. The fourth-order valence-corrected chi connectivity index (χ4v) is 3.75. The molecule has 0 aliphatic heterocycles. The van der Waals surface area contributed by atoms with E-state index >= 15 is 0 Å². The number of benzene rings is 1. The van der Waals surface area contributed by atoms with E-state index in [1.807, 2.05) is 42.5 Å². The highest BCUT2D eigenvalue weighted by Gasteiger charge is 2.19. The van der Waals surface area contributed by atoms with Gasteiger partial charge in [0, 0.05) is 16.0 Å². The number of fused-ring (bicyclic) bond motifs is 1. The Morgan fingerprint density at radius 2 is 2.05 bits per heavy atom. The summed E-state index contributed by atoms with van der Waals surface area (Å²) in [5, 5.41) is 22.2. The summed E-state index contributed by atoms with van der Waals surface area (Å²) in [5.41, 5.74) is 5.44. The molecular weight excluding hydrogens is 284 g/mol. The summed E-state index contributed by atoms with van der Waals surface area (Å²) >= 11 is 1.61. The molecule has 0 fully saturated rings. The lowest BCUT2D eigenvalue weighted by molar-refractivity contribution is 0.224. The number of hydroxylamine groups is 1. The second-order valence-corrected chi connectivity index (χ2v) is 6.02. The van der Waals surface area contributed by atoms with Crippen LogP contribution in [0.2, 0.25) is 0 Å². The minimum Gasteiger partial charge on any atom is -0.410 e. The van der Waals surface area contributed by atoms with Crippen molar-refractivity contribution in [3.05, 3.63) is 63.4 Å². The Kier molecular flexibility index (Phi) is 4.03. The van der Waals surface area contributed by atoms with Crippen molar-refractivity contribution >= 4 is 22.7 Å². The first-order valence-electron chi connectivity index (χ1n) is 6.84. The maximum absolute atomic E-state index is 9.39. The van der Waals surface area contributed by atoms with Crippen molar-refractivity contribution in [2.24, 2.45) is 5.16 Å². The van der Waals surface area contributed by atoms with Crippen LogP contribution in [0.4, 0.5) is 0 Å². The van der Waals surface area contributed by atoms with E-state index in [9.17, 15) is 10.4 Å². The number of nitrogens with zero attached hydrogens (tertiary/aromatic N) is 1. The molecule has 0 saturated carbocycles. The maximum atomic E-state index is 9.39. The molecule has 1 aliphatic carbocycles. The number of aryl methyl sites for hydroxylation is 1. The van der Waals surface area contributed by atoms with Crippen LogP contribution in [0.5, 0.6) is 0 Å². The van der Waals surface area contributed by atoms with Crippen molar-refractivity contribution in [3.63, 3.8) is 0 Å². The Bertz CT molecular complexity index is 690. The van der Waals surface area contributed by atoms with E-state index in [1.54, 1.807) is 11.3 Å². The molecule has 2 aromatic rings. The van der Waals surface area contributed by atoms with Gasteiger partial charge in [-0.3, -0.25) is 10.7 Å². The third kappa shape index (κ3) is 2.70. The number of rotatable bonds is 3. The summed E-state index contributed by atoms with van der Waals surface area (Å²) in [6.45, 7) is 0. The first-order valence-corrected chi connectivity index (χ1v) is 7.66. The van der Waals surface area contributed by atoms with Gasteiger partial charge in [-0.05, 0) is 25.3 Å². The number of nitrogens with one attached hydrogen (secondary N) is 1. The van der Waals surface area contributed by atoms with Gasteiger partial charge in [-0.2, -0.15) is 0 Å². The zero-order valence-electron chi connectivity index (χ0n) is 11.4. The quantitative estimate of drug-likeness (QED) is 0.461. The lowest BCUT2D eigenvalue weighted by atomic mass is 10.1. The highest BCUT2D eigenvalue weighted by Crippen LogP contribution is 2.32. The van der Waals surface area contributed by atoms with Crippen LogP contribution in [-0.4, -0.2) is 16.1 Å². The summed E-state index contributed by atoms with van der Waals surface area (Å²) in [5.74, 6) is 0. The van der Waals surface area contributed by atoms with E-state index in [1.165, 1.54) is 4.88 Å². The Labute approximate surface area is 127 Å². The SMILES string of the molecule is ON=C(c1ccccc1)c1cc2c(s1)CCCC=C2NO. The largest absolute Gasteiger partial charge is 0.410 e. The molecule has 4 nitrogen and oxygen atoms in total. The van der Waals surface area contributed by atoms with Crippen LogP contribution < -0.4 is 5.48 Å². The van der Waals surface area contributed by atoms with Crippen LogP contribution in [0, 0.1) is 0 Å². The topological polar surface area (TPSA) is 64.9 Å². The van der Waals surface area contributed by atoms with Gasteiger partial charge in [-0.1, -0.05) is 41.6 Å². The molecule has 0 radical (unpaired) electrons. The van der Waals surface area contributed by atoms with E-state index < -0.39 is 0 Å². The number of hydrogen-bond acceptors (Lipinski definition) is 5. The van der Waals surface area contributed by atoms with Crippen LogP contribution in [0.3, 0.4) is 0 Å². The van der Waals surface area contributed by atoms with Gasteiger partial charge in [0.2, 0.25) is 0 Å². The van der Waals surface area contributed by atoms with Gasteiger partial charge in [-0.15, -0.1) is 11.3 Å². The highest BCUT2D eigenvalue weighted by atomic mass is 32.1. The average molecular weight is 300 g/mol. The van der Waals surface area contributed by atoms with E-state index in [0.717, 1.165) is 41.0 Å². The van der Waals surface area contributed by atoms with Crippen LogP contribution in [0.15, 0.2) is 47.6 Å². The summed E-state index contributed by atoms with van der Waals surface area (Å²) in [6.07, 6.45) is 4.96. The maximum Gasteiger partial charge on any atom is 0.127 e. The van der Waals surface area contributed by atoms with E-state index in [-0.39, 0.29) is 0 Å². The van der Waals surface area contributed by atoms with Gasteiger partial charge < -0.3 is 5.21 Å². The number of hydrogen-bond donors (Lipinski definition) is 3. The fraction of sp³-hybridized carbons (Fsp3) is 0.188. The van der Waals surface area contributed by atoms with Gasteiger partial charge in [0.1, 0.15) is 5.71 Å². The number of oxime groups is 1. The summed E-state index contributed by atoms with van der Waals surface area (Å²) in [7, 11) is 0. The predicted octanol–water partition coefficient (Wildman–Crippen LogP) is 3.63. The smallest absolute Gasteiger partial charge is 0.127 e. The molecule has 108 valence electrons. The minimum absolute atomic E-state index is 0.561. The molecule has 0 amide bonds. The van der Waals surface area contributed by atoms with Gasteiger partial charge in [-0.25, -0.2) is 0 Å². The molecule has 0 saturated heterocycles. The van der Waals surface area contributed by atoms with Gasteiger partial charge in [0.25, 0.3) is 0 Å². The second-order valence-electron chi connectivity index (χ2n) is 4.88. The fourth-order valence-electron chi connectivity index (χ4n) is 2.53. The number of thiophene rings is 1. The van der Waals surface area contributed by atoms with E-state index in [2.05, 4.69) is 10.6 Å². The molecule has 1 aromatic carbocycles. The van der Waals surface area contributed by atoms with Gasteiger partial charge >= 0.3 is 0 Å². The zero-order chi connectivity index (χ0) is 14.7. The Hall–Kier alpha value is -2.11. The standard InChI is InChI=1S/C16H16N2O2S/c19-17-13-8-4-5-9-14-12(13)10-15(21-14)16(18-20)11-6-2-1-3-7-11/h1-3,6-8,10,17,19-20H,4-5,9H2. The first-order chi connectivity index (χ1) is 10.3. The van der Waals surface area contributed by atoms with Crippen LogP contribution in [-0.2, 0) is 6.42 Å². The highest BCUT2D eigenvalue weighted by molar-refractivity contribution is 7.14. The van der Waals surface area contributed by atoms with Crippen molar-refractivity contribution in [1.29, 1.82) is 0 Å². The summed E-state index contributed by atoms with van der Waals surface area (Å²) in [4.78, 5) is 2.10. The molecule has 3 rings (SSSR count). The van der Waals surface area contributed by atoms with Crippen molar-refractivity contribution in [1.82, 2.24) is 5.48 Å². The summed E-state index contributed by atoms with van der Waals surface area (Å²) in [6, 6.07) is 11.6. The Morgan fingerprint density at radius 3 is 2.76 bits per heavy atom. The average Bonchev–Trinajstić information content (AvgIpc) is 2.84. The molecule has 1 aromatic heterocycles. The molecule has 0 unspecified atom stereocenters. The molecule has 3 N–H and O–H groups in total. The Balaban J connectivity index is 2.05. The first kappa shape index (κ1) is 13.9. The molecule has 5 heteroatoms. The van der Waals surface area contributed by atoms with Crippen LogP contribution in [0.1, 0.15) is 33.7 Å². The molecule has 21 heavy (non-hydrogen) atoms. The third-order valence-corrected chi connectivity index (χ3v) is 4.76. The van der Waals surface area contributed by atoms with Crippen molar-refractivity contribution in [2.45, 2.75) is 19.3 Å². The van der Waals surface area contributed by atoms with Gasteiger partial charge in [0.05, 0.1) is 10.6 Å². The molecule has 1 aliphatic rings. The molecule has 0 atom stereocenters. The molecular formula is C16H16N2O2S. The van der Waals surface area contributed by atoms with Crippen LogP contribution in [0.25, 0.3) is 5.70 Å².